The number of amides is 2. The molecule has 0 saturated heterocycles. The van der Waals surface area contributed by atoms with Crippen LogP contribution in [0.2, 0.25) is 5.02 Å². The Morgan fingerprint density at radius 3 is 2.24 bits per heavy atom. The molecule has 0 radical (unpaired) electrons. The molecule has 0 aliphatic heterocycles. The zero-order valence-corrected chi connectivity index (χ0v) is 23.5. The Bertz CT molecular complexity index is 1090. The van der Waals surface area contributed by atoms with Gasteiger partial charge >= 0.3 is 0 Å². The van der Waals surface area contributed by atoms with Crippen LogP contribution in [0, 0.1) is 9.49 Å². The molecule has 2 aromatic carbocycles. The summed E-state index contributed by atoms with van der Waals surface area (Å²) >= 11 is 8.47. The first-order chi connectivity index (χ1) is 15.9. The highest BCUT2D eigenvalue weighted by molar-refractivity contribution is 14.1. The molecule has 1 N–H and O–H groups in total. The second kappa shape index (κ2) is 12.7. The van der Waals surface area contributed by atoms with Crippen LogP contribution in [0.15, 0.2) is 48.5 Å². The van der Waals surface area contributed by atoms with E-state index in [0.717, 1.165) is 14.1 Å². The average molecular weight is 620 g/mol. The molecule has 0 aliphatic rings. The van der Waals surface area contributed by atoms with Crippen LogP contribution in [0.4, 0.5) is 5.69 Å². The fourth-order valence-corrected chi connectivity index (χ4v) is 4.78. The molecule has 7 nitrogen and oxygen atoms in total. The van der Waals surface area contributed by atoms with E-state index in [9.17, 15) is 18.0 Å². The average Bonchev–Trinajstić information content (AvgIpc) is 2.77. The maximum Gasteiger partial charge on any atom is 0.244 e. The zero-order valence-electron chi connectivity index (χ0n) is 19.8. The number of nitrogens with zero attached hydrogens (tertiary/aromatic N) is 2. The van der Waals surface area contributed by atoms with Crippen LogP contribution in [0.5, 0.6) is 0 Å². The Balaban J connectivity index is 2.42. The van der Waals surface area contributed by atoms with Crippen LogP contribution in [-0.4, -0.2) is 50.5 Å². The van der Waals surface area contributed by atoms with Crippen LogP contribution < -0.4 is 9.62 Å². The Labute approximate surface area is 221 Å². The van der Waals surface area contributed by atoms with E-state index in [0.29, 0.717) is 29.2 Å². The number of hydrogen-bond acceptors (Lipinski definition) is 4. The molecule has 0 aromatic heterocycles. The van der Waals surface area contributed by atoms with Gasteiger partial charge in [0.15, 0.2) is 0 Å². The summed E-state index contributed by atoms with van der Waals surface area (Å²) in [4.78, 5) is 28.0. The van der Waals surface area contributed by atoms with Crippen molar-refractivity contribution in [1.82, 2.24) is 10.2 Å². The first kappa shape index (κ1) is 28.4. The Kier molecular flexibility index (Phi) is 10.6. The Hall–Kier alpha value is -1.85. The first-order valence-electron chi connectivity index (χ1n) is 11.0. The third-order valence-corrected chi connectivity index (χ3v) is 7.39. The van der Waals surface area contributed by atoms with Crippen LogP contribution in [-0.2, 0) is 26.2 Å². The lowest BCUT2D eigenvalue weighted by atomic mass is 10.1. The van der Waals surface area contributed by atoms with E-state index in [2.05, 4.69) is 27.9 Å². The van der Waals surface area contributed by atoms with Crippen LogP contribution in [0.1, 0.15) is 32.8 Å². The van der Waals surface area contributed by atoms with Crippen molar-refractivity contribution in [3.8, 4) is 0 Å². The number of hydrogen-bond donors (Lipinski definition) is 1. The minimum atomic E-state index is -3.76. The highest BCUT2D eigenvalue weighted by Gasteiger charge is 2.32. The summed E-state index contributed by atoms with van der Waals surface area (Å²) in [5, 5.41) is 3.36. The van der Waals surface area contributed by atoms with Gasteiger partial charge in [-0.1, -0.05) is 50.6 Å². The maximum atomic E-state index is 13.6. The Morgan fingerprint density at radius 2 is 1.71 bits per heavy atom. The number of carbonyl (C=O) groups excluding carboxylic acids is 2. The van der Waals surface area contributed by atoms with E-state index in [1.54, 1.807) is 48.5 Å². The fourth-order valence-electron chi connectivity index (χ4n) is 3.37. The number of benzene rings is 2. The number of nitrogens with one attached hydrogen (secondary N) is 1. The van der Waals surface area contributed by atoms with Crippen molar-refractivity contribution in [2.75, 3.05) is 23.7 Å². The summed E-state index contributed by atoms with van der Waals surface area (Å²) in [6.07, 6.45) is 1.42. The molecule has 186 valence electrons. The van der Waals surface area contributed by atoms with Gasteiger partial charge in [-0.15, -0.1) is 0 Å². The van der Waals surface area contributed by atoms with Crippen molar-refractivity contribution in [3.63, 3.8) is 0 Å². The largest absolute Gasteiger partial charge is 0.354 e. The van der Waals surface area contributed by atoms with E-state index < -0.39 is 28.5 Å². The molecule has 0 aliphatic carbocycles. The van der Waals surface area contributed by atoms with E-state index >= 15 is 0 Å². The normalized spacial score (nSPS) is 12.3. The molecule has 34 heavy (non-hydrogen) atoms. The summed E-state index contributed by atoms with van der Waals surface area (Å²) in [6, 6.07) is 13.2. The standard InChI is InChI=1S/C24H31ClIN3O4S/c1-5-22(24(31)27-14-17(2)3)28(15-18-8-6-7-9-21(18)25)23(30)16-29(34(4,32)33)20-12-10-19(26)11-13-20/h6-13,17,22H,5,14-16H2,1-4H3,(H,27,31)/t22-/m0/s1. The van der Waals surface area contributed by atoms with E-state index in [1.807, 2.05) is 20.8 Å². The predicted octanol–water partition coefficient (Wildman–Crippen LogP) is 4.29. The van der Waals surface area contributed by atoms with Crippen LogP contribution >= 0.6 is 34.2 Å². The van der Waals surface area contributed by atoms with Gasteiger partial charge in [-0.3, -0.25) is 13.9 Å². The van der Waals surface area contributed by atoms with Crippen molar-refractivity contribution >= 4 is 61.7 Å². The van der Waals surface area contributed by atoms with Gasteiger partial charge in [-0.2, -0.15) is 0 Å². The van der Waals surface area contributed by atoms with E-state index in [-0.39, 0.29) is 18.4 Å². The van der Waals surface area contributed by atoms with Crippen LogP contribution in [0.25, 0.3) is 0 Å². The van der Waals surface area contributed by atoms with Crippen molar-refractivity contribution in [2.45, 2.75) is 39.8 Å². The smallest absolute Gasteiger partial charge is 0.244 e. The summed E-state index contributed by atoms with van der Waals surface area (Å²) < 4.78 is 27.2. The van der Waals surface area contributed by atoms with Crippen LogP contribution in [0.3, 0.4) is 0 Å². The van der Waals surface area contributed by atoms with E-state index in [1.165, 1.54) is 4.90 Å². The summed E-state index contributed by atoms with van der Waals surface area (Å²) in [5.74, 6) is -0.525. The molecule has 0 fully saturated rings. The third-order valence-electron chi connectivity index (χ3n) is 5.16. The second-order valence-electron chi connectivity index (χ2n) is 8.42. The van der Waals surface area contributed by atoms with Crippen molar-refractivity contribution in [3.05, 3.63) is 62.7 Å². The number of sulfonamides is 1. The van der Waals surface area contributed by atoms with Gasteiger partial charge in [0, 0.05) is 21.7 Å². The quantitative estimate of drug-likeness (QED) is 0.381. The van der Waals surface area contributed by atoms with Crippen molar-refractivity contribution < 1.29 is 18.0 Å². The lowest BCUT2D eigenvalue weighted by Gasteiger charge is -2.33. The monoisotopic (exact) mass is 619 g/mol. The first-order valence-corrected chi connectivity index (χ1v) is 14.3. The Morgan fingerprint density at radius 1 is 1.09 bits per heavy atom. The summed E-state index contributed by atoms with van der Waals surface area (Å²) in [6.45, 7) is 5.91. The second-order valence-corrected chi connectivity index (χ2v) is 12.0. The molecular formula is C24H31ClIN3O4S. The molecule has 0 unspecified atom stereocenters. The fraction of sp³-hybridized carbons (Fsp3) is 0.417. The number of anilines is 1. The van der Waals surface area contributed by atoms with Gasteiger partial charge in [0.25, 0.3) is 0 Å². The van der Waals surface area contributed by atoms with Gasteiger partial charge in [-0.25, -0.2) is 8.42 Å². The molecule has 0 spiro atoms. The van der Waals surface area contributed by atoms with Gasteiger partial charge in [0.1, 0.15) is 12.6 Å². The molecule has 2 rings (SSSR count). The SMILES string of the molecule is CC[C@@H](C(=O)NCC(C)C)N(Cc1ccccc1Cl)C(=O)CN(c1ccc(I)cc1)S(C)(=O)=O. The highest BCUT2D eigenvalue weighted by Crippen LogP contribution is 2.23. The lowest BCUT2D eigenvalue weighted by Crippen LogP contribution is -2.52. The molecular weight excluding hydrogens is 589 g/mol. The van der Waals surface area contributed by atoms with E-state index in [4.69, 9.17) is 11.6 Å². The molecule has 10 heteroatoms. The van der Waals surface area contributed by atoms with Crippen molar-refractivity contribution in [2.24, 2.45) is 5.92 Å². The van der Waals surface area contributed by atoms with Crippen molar-refractivity contribution in [1.29, 1.82) is 0 Å². The summed E-state index contributed by atoms with van der Waals surface area (Å²) in [5.41, 5.74) is 1.05. The zero-order chi connectivity index (χ0) is 25.5. The van der Waals surface area contributed by atoms with Gasteiger partial charge in [0.05, 0.1) is 11.9 Å². The van der Waals surface area contributed by atoms with Gasteiger partial charge in [-0.05, 0) is 70.8 Å². The minimum absolute atomic E-state index is 0.0798. The number of halogens is 2. The van der Waals surface area contributed by atoms with Gasteiger partial charge < -0.3 is 10.2 Å². The minimum Gasteiger partial charge on any atom is -0.354 e. The summed E-state index contributed by atoms with van der Waals surface area (Å²) in [7, 11) is -3.76. The number of carbonyl (C=O) groups is 2. The topological polar surface area (TPSA) is 86.8 Å². The third kappa shape index (κ3) is 8.13. The maximum absolute atomic E-state index is 13.6. The molecule has 0 saturated carbocycles. The highest BCUT2D eigenvalue weighted by atomic mass is 127. The molecule has 2 amide bonds. The molecule has 0 heterocycles. The predicted molar refractivity (Wildman–Crippen MR) is 145 cm³/mol. The lowest BCUT2D eigenvalue weighted by molar-refractivity contribution is -0.140. The number of rotatable bonds is 11. The molecule has 1 atom stereocenters. The molecule has 2 aromatic rings. The molecule has 0 bridgehead atoms. The van der Waals surface area contributed by atoms with Gasteiger partial charge in [0.2, 0.25) is 21.8 Å².